The van der Waals surface area contributed by atoms with Crippen molar-refractivity contribution >= 4 is 0 Å². The van der Waals surface area contributed by atoms with E-state index in [4.69, 9.17) is 14.2 Å². The molecule has 0 radical (unpaired) electrons. The van der Waals surface area contributed by atoms with Crippen molar-refractivity contribution < 1.29 is 14.2 Å². The first-order valence-electron chi connectivity index (χ1n) is 7.99. The van der Waals surface area contributed by atoms with Gasteiger partial charge >= 0.3 is 0 Å². The van der Waals surface area contributed by atoms with Crippen LogP contribution in [0.4, 0.5) is 0 Å². The third-order valence-electron chi connectivity index (χ3n) is 4.52. The first-order valence-corrected chi connectivity index (χ1v) is 7.99. The maximum absolute atomic E-state index is 5.48. The third-order valence-corrected chi connectivity index (χ3v) is 4.52. The van der Waals surface area contributed by atoms with E-state index in [0.29, 0.717) is 12.2 Å². The van der Waals surface area contributed by atoms with E-state index in [1.807, 2.05) is 6.07 Å². The highest BCUT2D eigenvalue weighted by Crippen LogP contribution is 2.33. The second-order valence-corrected chi connectivity index (χ2v) is 6.63. The predicted molar refractivity (Wildman–Crippen MR) is 85.3 cm³/mol. The molecule has 5 nitrogen and oxygen atoms in total. The second-order valence-electron chi connectivity index (χ2n) is 6.63. The average molecular weight is 306 g/mol. The van der Waals surface area contributed by atoms with Crippen LogP contribution in [0.3, 0.4) is 0 Å². The van der Waals surface area contributed by atoms with Gasteiger partial charge in [-0.2, -0.15) is 0 Å². The van der Waals surface area contributed by atoms with Crippen LogP contribution < -0.4 is 14.8 Å². The molecule has 0 aromatic heterocycles. The summed E-state index contributed by atoms with van der Waals surface area (Å²) in [6.07, 6.45) is 1.23. The van der Waals surface area contributed by atoms with Crippen molar-refractivity contribution in [2.75, 3.05) is 46.7 Å². The zero-order valence-corrected chi connectivity index (χ0v) is 13.6. The number of methoxy groups -OCH3 is 1. The first-order chi connectivity index (χ1) is 10.7. The van der Waals surface area contributed by atoms with E-state index in [9.17, 15) is 0 Å². The van der Waals surface area contributed by atoms with Crippen molar-refractivity contribution in [3.05, 3.63) is 23.8 Å². The van der Waals surface area contributed by atoms with Crippen LogP contribution >= 0.6 is 0 Å². The van der Waals surface area contributed by atoms with Crippen LogP contribution in [0.5, 0.6) is 11.5 Å². The molecule has 2 aliphatic heterocycles. The molecule has 2 heterocycles. The van der Waals surface area contributed by atoms with Gasteiger partial charge in [-0.05, 0) is 36.1 Å². The quantitative estimate of drug-likeness (QED) is 0.833. The Balaban J connectivity index is 1.66. The number of hydrogen-bond donors (Lipinski definition) is 1. The first kappa shape index (κ1) is 15.6. The highest BCUT2D eigenvalue weighted by atomic mass is 16.7. The SMILES string of the molecule is COCCN(Cc1ccc2c(c1)OCO2)CC1(C)CCNC1. The number of benzene rings is 1. The molecule has 2 aliphatic rings. The second kappa shape index (κ2) is 6.86. The van der Waals surface area contributed by atoms with Crippen molar-refractivity contribution in [1.82, 2.24) is 10.2 Å². The van der Waals surface area contributed by atoms with Crippen LogP contribution in [0, 0.1) is 5.41 Å². The smallest absolute Gasteiger partial charge is 0.231 e. The molecule has 1 N–H and O–H groups in total. The van der Waals surface area contributed by atoms with Gasteiger partial charge in [0.05, 0.1) is 6.61 Å². The number of fused-ring (bicyclic) bond motifs is 1. The topological polar surface area (TPSA) is 43.0 Å². The standard InChI is InChI=1S/C17H26N2O3/c1-17(5-6-18-11-17)12-19(7-8-20-2)10-14-3-4-15-16(9-14)22-13-21-15/h3-4,9,18H,5-8,10-13H2,1-2H3. The van der Waals surface area contributed by atoms with Gasteiger partial charge in [0.1, 0.15) is 0 Å². The molecule has 122 valence electrons. The van der Waals surface area contributed by atoms with Crippen LogP contribution in [0.2, 0.25) is 0 Å². The van der Waals surface area contributed by atoms with Crippen LogP contribution in [0.15, 0.2) is 18.2 Å². The maximum atomic E-state index is 5.48. The fraction of sp³-hybridized carbons (Fsp3) is 0.647. The summed E-state index contributed by atoms with van der Waals surface area (Å²) in [6, 6.07) is 6.23. The summed E-state index contributed by atoms with van der Waals surface area (Å²) in [5.41, 5.74) is 1.61. The van der Waals surface area contributed by atoms with Crippen molar-refractivity contribution in [2.45, 2.75) is 19.9 Å². The van der Waals surface area contributed by atoms with Crippen molar-refractivity contribution in [3.8, 4) is 11.5 Å². The molecular formula is C17H26N2O3. The molecule has 22 heavy (non-hydrogen) atoms. The van der Waals surface area contributed by atoms with Crippen LogP contribution in [-0.2, 0) is 11.3 Å². The average Bonchev–Trinajstić information content (AvgIpc) is 3.13. The molecule has 0 saturated carbocycles. The molecule has 1 aromatic rings. The lowest BCUT2D eigenvalue weighted by Gasteiger charge is -2.32. The monoisotopic (exact) mass is 306 g/mol. The van der Waals surface area contributed by atoms with Gasteiger partial charge in [0.2, 0.25) is 6.79 Å². The summed E-state index contributed by atoms with van der Waals surface area (Å²) < 4.78 is 16.1. The molecule has 5 heteroatoms. The predicted octanol–water partition coefficient (Wildman–Crippen LogP) is 1.86. The Kier molecular flexibility index (Phi) is 4.86. The minimum atomic E-state index is 0.329. The van der Waals surface area contributed by atoms with Gasteiger partial charge in [-0.15, -0.1) is 0 Å². The molecule has 0 spiro atoms. The van der Waals surface area contributed by atoms with Gasteiger partial charge in [0.25, 0.3) is 0 Å². The molecule has 3 rings (SSSR count). The molecule has 0 aliphatic carbocycles. The maximum Gasteiger partial charge on any atom is 0.231 e. The summed E-state index contributed by atoms with van der Waals surface area (Å²) in [5.74, 6) is 1.71. The molecule has 0 bridgehead atoms. The molecule has 1 atom stereocenters. The summed E-state index contributed by atoms with van der Waals surface area (Å²) in [6.45, 7) is 8.61. The van der Waals surface area contributed by atoms with Crippen molar-refractivity contribution in [2.24, 2.45) is 5.41 Å². The Morgan fingerprint density at radius 3 is 2.95 bits per heavy atom. The Hall–Kier alpha value is -1.30. The number of ether oxygens (including phenoxy) is 3. The van der Waals surface area contributed by atoms with Gasteiger partial charge in [0, 0.05) is 33.3 Å². The lowest BCUT2D eigenvalue weighted by atomic mass is 9.89. The number of hydrogen-bond acceptors (Lipinski definition) is 5. The fourth-order valence-electron chi connectivity index (χ4n) is 3.28. The number of nitrogens with one attached hydrogen (secondary N) is 1. The highest BCUT2D eigenvalue weighted by molar-refractivity contribution is 5.44. The number of rotatable bonds is 7. The summed E-state index contributed by atoms with van der Waals surface area (Å²) in [7, 11) is 1.76. The largest absolute Gasteiger partial charge is 0.454 e. The van der Waals surface area contributed by atoms with E-state index >= 15 is 0 Å². The molecular weight excluding hydrogens is 280 g/mol. The molecule has 1 unspecified atom stereocenters. The third kappa shape index (κ3) is 3.72. The van der Waals surface area contributed by atoms with Crippen molar-refractivity contribution in [3.63, 3.8) is 0 Å². The normalized spacial score (nSPS) is 23.4. The highest BCUT2D eigenvalue weighted by Gasteiger charge is 2.30. The minimum Gasteiger partial charge on any atom is -0.454 e. The van der Waals surface area contributed by atoms with Gasteiger partial charge in [-0.3, -0.25) is 4.90 Å². The fourth-order valence-corrected chi connectivity index (χ4v) is 3.28. The van der Waals surface area contributed by atoms with Gasteiger partial charge in [-0.1, -0.05) is 13.0 Å². The Morgan fingerprint density at radius 2 is 2.18 bits per heavy atom. The lowest BCUT2D eigenvalue weighted by Crippen LogP contribution is -2.38. The summed E-state index contributed by atoms with van der Waals surface area (Å²) in [4.78, 5) is 2.48. The van der Waals surface area contributed by atoms with E-state index in [0.717, 1.165) is 50.8 Å². The minimum absolute atomic E-state index is 0.329. The lowest BCUT2D eigenvalue weighted by molar-refractivity contribution is 0.113. The van der Waals surface area contributed by atoms with E-state index < -0.39 is 0 Å². The molecule has 0 amide bonds. The Bertz CT molecular complexity index is 501. The molecule has 1 fully saturated rings. The summed E-state index contributed by atoms with van der Waals surface area (Å²) in [5, 5.41) is 3.48. The zero-order valence-electron chi connectivity index (χ0n) is 13.6. The molecule has 1 aromatic carbocycles. The van der Waals surface area contributed by atoms with E-state index in [1.165, 1.54) is 12.0 Å². The summed E-state index contributed by atoms with van der Waals surface area (Å²) >= 11 is 0. The van der Waals surface area contributed by atoms with Gasteiger partial charge in [0.15, 0.2) is 11.5 Å². The van der Waals surface area contributed by atoms with E-state index in [-0.39, 0.29) is 0 Å². The van der Waals surface area contributed by atoms with Gasteiger partial charge in [-0.25, -0.2) is 0 Å². The Labute approximate surface area is 132 Å². The van der Waals surface area contributed by atoms with E-state index in [2.05, 4.69) is 29.3 Å². The zero-order chi connectivity index (χ0) is 15.4. The molecule has 1 saturated heterocycles. The number of nitrogens with zero attached hydrogens (tertiary/aromatic N) is 1. The van der Waals surface area contributed by atoms with Crippen LogP contribution in [0.1, 0.15) is 18.9 Å². The van der Waals surface area contributed by atoms with Crippen LogP contribution in [0.25, 0.3) is 0 Å². The Morgan fingerprint density at radius 1 is 1.32 bits per heavy atom. The van der Waals surface area contributed by atoms with E-state index in [1.54, 1.807) is 7.11 Å². The van der Waals surface area contributed by atoms with Crippen molar-refractivity contribution in [1.29, 1.82) is 0 Å². The van der Waals surface area contributed by atoms with Crippen LogP contribution in [-0.4, -0.2) is 51.6 Å². The van der Waals surface area contributed by atoms with Gasteiger partial charge < -0.3 is 19.5 Å².